The monoisotopic (exact) mass is 262 g/mol. The summed E-state index contributed by atoms with van der Waals surface area (Å²) in [5.41, 5.74) is 2.63. The molecule has 1 aromatic rings. The van der Waals surface area contributed by atoms with Crippen LogP contribution in [-0.4, -0.2) is 13.2 Å². The largest absolute Gasteiger partial charge is 0.348 e. The van der Waals surface area contributed by atoms with Crippen LogP contribution in [0, 0.1) is 12.3 Å². The molecule has 0 saturated carbocycles. The molecule has 0 N–H and O–H groups in total. The molecule has 1 fully saturated rings. The van der Waals surface area contributed by atoms with Gasteiger partial charge < -0.3 is 9.47 Å². The standard InChI is InChI=1S/C17H26O2/c1-4-6-11-17(5-2)12-18-16(19-13-17)15-9-7-14(3)8-10-15/h7-10,16H,4-6,11-13H2,1-3H3. The summed E-state index contributed by atoms with van der Waals surface area (Å²) in [6, 6.07) is 8.43. The SMILES string of the molecule is CCCCC1(CC)COC(c2ccc(C)cc2)OC1. The first kappa shape index (κ1) is 14.5. The zero-order valence-electron chi connectivity index (χ0n) is 12.4. The Bertz CT molecular complexity index is 375. The van der Waals surface area contributed by atoms with Crippen molar-refractivity contribution in [2.45, 2.75) is 52.7 Å². The lowest BCUT2D eigenvalue weighted by molar-refractivity contribution is -0.236. The van der Waals surface area contributed by atoms with Gasteiger partial charge in [-0.15, -0.1) is 0 Å². The highest BCUT2D eigenvalue weighted by Gasteiger charge is 2.35. The van der Waals surface area contributed by atoms with E-state index in [9.17, 15) is 0 Å². The number of unbranched alkanes of at least 4 members (excludes halogenated alkanes) is 1. The topological polar surface area (TPSA) is 18.5 Å². The highest BCUT2D eigenvalue weighted by atomic mass is 16.7. The number of aryl methyl sites for hydroxylation is 1. The van der Waals surface area contributed by atoms with E-state index in [1.165, 1.54) is 24.8 Å². The third kappa shape index (κ3) is 3.58. The van der Waals surface area contributed by atoms with Crippen molar-refractivity contribution in [2.24, 2.45) is 5.41 Å². The minimum atomic E-state index is -0.179. The fraction of sp³-hybridized carbons (Fsp3) is 0.647. The maximum Gasteiger partial charge on any atom is 0.183 e. The summed E-state index contributed by atoms with van der Waals surface area (Å²) < 4.78 is 12.0. The van der Waals surface area contributed by atoms with E-state index in [4.69, 9.17) is 9.47 Å². The number of hydrogen-bond acceptors (Lipinski definition) is 2. The molecule has 0 radical (unpaired) electrons. The smallest absolute Gasteiger partial charge is 0.183 e. The van der Waals surface area contributed by atoms with Gasteiger partial charge in [-0.25, -0.2) is 0 Å². The van der Waals surface area contributed by atoms with E-state index in [0.717, 1.165) is 25.2 Å². The van der Waals surface area contributed by atoms with Crippen molar-refractivity contribution in [3.63, 3.8) is 0 Å². The molecule has 1 heterocycles. The Kier molecular flexibility index (Phi) is 5.00. The lowest BCUT2D eigenvalue weighted by atomic mass is 9.81. The second-order valence-corrected chi connectivity index (χ2v) is 5.82. The molecular weight excluding hydrogens is 236 g/mol. The summed E-state index contributed by atoms with van der Waals surface area (Å²) in [7, 11) is 0. The van der Waals surface area contributed by atoms with Crippen LogP contribution in [0.4, 0.5) is 0 Å². The zero-order chi connectivity index (χ0) is 13.7. The molecule has 0 unspecified atom stereocenters. The van der Waals surface area contributed by atoms with Gasteiger partial charge in [0.05, 0.1) is 13.2 Å². The molecule has 0 atom stereocenters. The molecule has 2 rings (SSSR count). The third-order valence-corrected chi connectivity index (χ3v) is 4.24. The molecular formula is C17H26O2. The Morgan fingerprint density at radius 2 is 1.74 bits per heavy atom. The van der Waals surface area contributed by atoms with Crippen molar-refractivity contribution >= 4 is 0 Å². The van der Waals surface area contributed by atoms with Crippen molar-refractivity contribution in [1.82, 2.24) is 0 Å². The van der Waals surface area contributed by atoms with Gasteiger partial charge >= 0.3 is 0 Å². The average molecular weight is 262 g/mol. The van der Waals surface area contributed by atoms with E-state index in [2.05, 4.69) is 45.0 Å². The van der Waals surface area contributed by atoms with Crippen molar-refractivity contribution < 1.29 is 9.47 Å². The molecule has 0 amide bonds. The molecule has 19 heavy (non-hydrogen) atoms. The lowest BCUT2D eigenvalue weighted by Crippen LogP contribution is -2.38. The minimum absolute atomic E-state index is 0.179. The molecule has 1 aliphatic heterocycles. The summed E-state index contributed by atoms with van der Waals surface area (Å²) in [4.78, 5) is 0. The first-order chi connectivity index (χ1) is 9.19. The van der Waals surface area contributed by atoms with E-state index in [1.54, 1.807) is 0 Å². The minimum Gasteiger partial charge on any atom is -0.348 e. The zero-order valence-corrected chi connectivity index (χ0v) is 12.4. The van der Waals surface area contributed by atoms with Gasteiger partial charge in [-0.2, -0.15) is 0 Å². The first-order valence-corrected chi connectivity index (χ1v) is 7.49. The van der Waals surface area contributed by atoms with Crippen LogP contribution in [0.2, 0.25) is 0 Å². The highest BCUT2D eigenvalue weighted by Crippen LogP contribution is 2.37. The van der Waals surface area contributed by atoms with Crippen molar-refractivity contribution in [1.29, 1.82) is 0 Å². The quantitative estimate of drug-likeness (QED) is 0.770. The van der Waals surface area contributed by atoms with Crippen molar-refractivity contribution in [2.75, 3.05) is 13.2 Å². The maximum absolute atomic E-state index is 5.99. The maximum atomic E-state index is 5.99. The molecule has 106 valence electrons. The normalized spacial score (nSPS) is 27.4. The number of benzene rings is 1. The van der Waals surface area contributed by atoms with Crippen LogP contribution in [0.25, 0.3) is 0 Å². The molecule has 0 aromatic heterocycles. The Balaban J connectivity index is 1.95. The second kappa shape index (κ2) is 6.53. The Morgan fingerprint density at radius 3 is 2.26 bits per heavy atom. The fourth-order valence-corrected chi connectivity index (χ4v) is 2.59. The molecule has 1 aromatic carbocycles. The Hall–Kier alpha value is -0.860. The van der Waals surface area contributed by atoms with Gasteiger partial charge in [0.25, 0.3) is 0 Å². The summed E-state index contributed by atoms with van der Waals surface area (Å²) in [5, 5.41) is 0. The van der Waals surface area contributed by atoms with Gasteiger partial charge in [-0.3, -0.25) is 0 Å². The van der Waals surface area contributed by atoms with Crippen LogP contribution in [0.3, 0.4) is 0 Å². The molecule has 0 bridgehead atoms. The van der Waals surface area contributed by atoms with Crippen LogP contribution < -0.4 is 0 Å². The Labute approximate surface area is 117 Å². The predicted octanol–water partition coefficient (Wildman–Crippen LogP) is 4.63. The lowest BCUT2D eigenvalue weighted by Gasteiger charge is -2.39. The van der Waals surface area contributed by atoms with E-state index in [-0.39, 0.29) is 11.7 Å². The third-order valence-electron chi connectivity index (χ3n) is 4.24. The van der Waals surface area contributed by atoms with E-state index < -0.39 is 0 Å². The van der Waals surface area contributed by atoms with Crippen molar-refractivity contribution in [3.8, 4) is 0 Å². The van der Waals surface area contributed by atoms with Crippen LogP contribution in [-0.2, 0) is 9.47 Å². The first-order valence-electron chi connectivity index (χ1n) is 7.49. The van der Waals surface area contributed by atoms with Crippen molar-refractivity contribution in [3.05, 3.63) is 35.4 Å². The van der Waals surface area contributed by atoms with Gasteiger partial charge in [0.15, 0.2) is 6.29 Å². The van der Waals surface area contributed by atoms with Crippen LogP contribution in [0.1, 0.15) is 56.9 Å². The van der Waals surface area contributed by atoms with Gasteiger partial charge in [-0.05, 0) is 19.8 Å². The van der Waals surface area contributed by atoms with Crippen LogP contribution in [0.5, 0.6) is 0 Å². The average Bonchev–Trinajstić information content (AvgIpc) is 2.47. The number of ether oxygens (including phenoxy) is 2. The fourth-order valence-electron chi connectivity index (χ4n) is 2.59. The van der Waals surface area contributed by atoms with E-state index in [0.29, 0.717) is 0 Å². The number of rotatable bonds is 5. The van der Waals surface area contributed by atoms with Gasteiger partial charge in [0.2, 0.25) is 0 Å². The van der Waals surface area contributed by atoms with Gasteiger partial charge in [-0.1, -0.05) is 56.5 Å². The molecule has 0 spiro atoms. The summed E-state index contributed by atoms with van der Waals surface area (Å²) in [5.74, 6) is 0. The second-order valence-electron chi connectivity index (χ2n) is 5.82. The number of hydrogen-bond donors (Lipinski definition) is 0. The highest BCUT2D eigenvalue weighted by molar-refractivity contribution is 5.22. The van der Waals surface area contributed by atoms with Crippen LogP contribution in [0.15, 0.2) is 24.3 Å². The summed E-state index contributed by atoms with van der Waals surface area (Å²) >= 11 is 0. The molecule has 2 heteroatoms. The molecule has 1 saturated heterocycles. The Morgan fingerprint density at radius 1 is 1.11 bits per heavy atom. The molecule has 0 aliphatic carbocycles. The van der Waals surface area contributed by atoms with Crippen LogP contribution >= 0.6 is 0 Å². The summed E-state index contributed by atoms with van der Waals surface area (Å²) in [6.45, 7) is 8.22. The van der Waals surface area contributed by atoms with Gasteiger partial charge in [0, 0.05) is 11.0 Å². The van der Waals surface area contributed by atoms with Gasteiger partial charge in [0.1, 0.15) is 0 Å². The van der Waals surface area contributed by atoms with E-state index in [1.807, 2.05) is 0 Å². The predicted molar refractivity (Wildman–Crippen MR) is 78.1 cm³/mol. The molecule has 2 nitrogen and oxygen atoms in total. The summed E-state index contributed by atoms with van der Waals surface area (Å²) in [6.07, 6.45) is 4.66. The molecule has 1 aliphatic rings. The van der Waals surface area contributed by atoms with E-state index >= 15 is 0 Å².